The van der Waals surface area contributed by atoms with Gasteiger partial charge in [-0.05, 0) is 12.1 Å². The molecule has 0 atom stereocenters. The van der Waals surface area contributed by atoms with E-state index in [9.17, 15) is 0 Å². The third-order valence-corrected chi connectivity index (χ3v) is 2.53. The first-order valence-corrected chi connectivity index (χ1v) is 5.72. The second kappa shape index (κ2) is 4.50. The van der Waals surface area contributed by atoms with Crippen LogP contribution in [0.1, 0.15) is 0 Å². The molecule has 0 bridgehead atoms. The molecular formula is C12H11N7O. The molecule has 100 valence electrons. The van der Waals surface area contributed by atoms with Gasteiger partial charge in [-0.15, -0.1) is 0 Å². The highest BCUT2D eigenvalue weighted by Crippen LogP contribution is 2.27. The number of nitrogen functional groups attached to an aromatic ring is 3. The molecule has 0 unspecified atom stereocenters. The van der Waals surface area contributed by atoms with Gasteiger partial charge < -0.3 is 21.9 Å². The summed E-state index contributed by atoms with van der Waals surface area (Å²) in [5.74, 6) is 0.962. The van der Waals surface area contributed by atoms with E-state index in [0.717, 1.165) is 0 Å². The van der Waals surface area contributed by atoms with Gasteiger partial charge in [0, 0.05) is 0 Å². The molecule has 0 aliphatic carbocycles. The van der Waals surface area contributed by atoms with Gasteiger partial charge in [-0.3, -0.25) is 0 Å². The number of nitrogens with zero attached hydrogens (tertiary/aromatic N) is 4. The second-order valence-electron chi connectivity index (χ2n) is 3.97. The third kappa shape index (κ3) is 2.09. The van der Waals surface area contributed by atoms with Crippen molar-refractivity contribution in [3.05, 3.63) is 30.3 Å². The molecule has 0 saturated heterocycles. The van der Waals surface area contributed by atoms with E-state index < -0.39 is 0 Å². The van der Waals surface area contributed by atoms with Gasteiger partial charge in [-0.1, -0.05) is 18.2 Å². The predicted octanol–water partition coefficient (Wildman–Crippen LogP) is 0.959. The van der Waals surface area contributed by atoms with Crippen LogP contribution in [0.15, 0.2) is 30.3 Å². The number of hydrogen-bond acceptors (Lipinski definition) is 8. The van der Waals surface area contributed by atoms with Crippen LogP contribution in [-0.4, -0.2) is 19.9 Å². The van der Waals surface area contributed by atoms with E-state index >= 15 is 0 Å². The maximum Gasteiger partial charge on any atom is 0.263 e. The van der Waals surface area contributed by atoms with Crippen molar-refractivity contribution in [2.75, 3.05) is 17.2 Å². The average Bonchev–Trinajstić information content (AvgIpc) is 2.41. The summed E-state index contributed by atoms with van der Waals surface area (Å²) in [4.78, 5) is 16.0. The number of rotatable bonds is 2. The molecule has 0 aliphatic heterocycles. The van der Waals surface area contributed by atoms with Gasteiger partial charge >= 0.3 is 0 Å². The van der Waals surface area contributed by atoms with E-state index in [0.29, 0.717) is 11.3 Å². The normalized spacial score (nSPS) is 10.6. The summed E-state index contributed by atoms with van der Waals surface area (Å²) in [6, 6.07) is 9.08. The van der Waals surface area contributed by atoms with Gasteiger partial charge in [0.05, 0.1) is 0 Å². The van der Waals surface area contributed by atoms with Crippen molar-refractivity contribution in [1.29, 1.82) is 0 Å². The second-order valence-corrected chi connectivity index (χ2v) is 3.97. The minimum atomic E-state index is 0.0143. The quantitative estimate of drug-likeness (QED) is 0.625. The standard InChI is InChI=1S/C12H11N7O/c13-8-7-10(19-12(15)18-8)17-9(14)11(16-7)20-6-4-2-1-3-5-6/h1-5H,(H6,13,14,15,17,18,19). The maximum atomic E-state index is 5.79. The van der Waals surface area contributed by atoms with Gasteiger partial charge in [0.1, 0.15) is 5.75 Å². The molecule has 2 heterocycles. The molecule has 20 heavy (non-hydrogen) atoms. The number of hydrogen-bond donors (Lipinski definition) is 3. The summed E-state index contributed by atoms with van der Waals surface area (Å²) in [6.45, 7) is 0. The number of nitrogens with two attached hydrogens (primary N) is 3. The Labute approximate surface area is 113 Å². The van der Waals surface area contributed by atoms with Gasteiger partial charge in [0.25, 0.3) is 5.88 Å². The number of benzene rings is 1. The number of aromatic nitrogens is 4. The van der Waals surface area contributed by atoms with E-state index in [1.807, 2.05) is 18.2 Å². The van der Waals surface area contributed by atoms with Crippen LogP contribution in [0.4, 0.5) is 17.6 Å². The fourth-order valence-electron chi connectivity index (χ4n) is 1.66. The van der Waals surface area contributed by atoms with Crippen molar-refractivity contribution in [2.24, 2.45) is 0 Å². The molecule has 0 amide bonds. The summed E-state index contributed by atoms with van der Waals surface area (Å²) in [6.07, 6.45) is 0. The molecule has 0 fully saturated rings. The van der Waals surface area contributed by atoms with Crippen LogP contribution in [0.25, 0.3) is 11.2 Å². The van der Waals surface area contributed by atoms with Crippen LogP contribution in [0, 0.1) is 0 Å². The number of para-hydroxylation sites is 1. The SMILES string of the molecule is Nc1nc(N)c2nc(Oc3ccccc3)c(N)nc2n1. The van der Waals surface area contributed by atoms with Crippen LogP contribution in [-0.2, 0) is 0 Å². The van der Waals surface area contributed by atoms with E-state index in [1.165, 1.54) is 0 Å². The highest BCUT2D eigenvalue weighted by atomic mass is 16.5. The summed E-state index contributed by atoms with van der Waals surface area (Å²) in [7, 11) is 0. The van der Waals surface area contributed by atoms with Crippen molar-refractivity contribution in [2.45, 2.75) is 0 Å². The van der Waals surface area contributed by atoms with Crippen molar-refractivity contribution in [3.63, 3.8) is 0 Å². The molecule has 2 aromatic heterocycles. The largest absolute Gasteiger partial charge is 0.436 e. The zero-order valence-corrected chi connectivity index (χ0v) is 10.3. The number of anilines is 3. The van der Waals surface area contributed by atoms with Gasteiger partial charge in [-0.25, -0.2) is 9.97 Å². The molecule has 0 spiro atoms. The van der Waals surface area contributed by atoms with E-state index in [1.54, 1.807) is 12.1 Å². The lowest BCUT2D eigenvalue weighted by Gasteiger charge is -2.08. The zero-order chi connectivity index (χ0) is 14.1. The van der Waals surface area contributed by atoms with Crippen LogP contribution < -0.4 is 21.9 Å². The number of fused-ring (bicyclic) bond motifs is 1. The molecular weight excluding hydrogens is 258 g/mol. The Kier molecular flexibility index (Phi) is 2.68. The Morgan fingerprint density at radius 1 is 0.800 bits per heavy atom. The summed E-state index contributed by atoms with van der Waals surface area (Å²) < 4.78 is 5.56. The lowest BCUT2D eigenvalue weighted by Crippen LogP contribution is -2.06. The Morgan fingerprint density at radius 3 is 2.30 bits per heavy atom. The lowest BCUT2D eigenvalue weighted by atomic mass is 10.3. The Hall–Kier alpha value is -3.16. The van der Waals surface area contributed by atoms with Crippen molar-refractivity contribution >= 4 is 28.7 Å². The number of ether oxygens (including phenoxy) is 1. The van der Waals surface area contributed by atoms with Crippen molar-refractivity contribution < 1.29 is 4.74 Å². The van der Waals surface area contributed by atoms with Crippen molar-refractivity contribution in [3.8, 4) is 11.6 Å². The van der Waals surface area contributed by atoms with Crippen LogP contribution >= 0.6 is 0 Å². The van der Waals surface area contributed by atoms with Crippen molar-refractivity contribution in [1.82, 2.24) is 19.9 Å². The van der Waals surface area contributed by atoms with E-state index in [4.69, 9.17) is 21.9 Å². The highest BCUT2D eigenvalue weighted by Gasteiger charge is 2.13. The molecule has 0 saturated carbocycles. The van der Waals surface area contributed by atoms with E-state index in [2.05, 4.69) is 19.9 Å². The molecule has 6 N–H and O–H groups in total. The first kappa shape index (κ1) is 11.9. The lowest BCUT2D eigenvalue weighted by molar-refractivity contribution is 0.465. The molecule has 0 aliphatic rings. The average molecular weight is 269 g/mol. The first-order chi connectivity index (χ1) is 9.63. The molecule has 3 rings (SSSR count). The summed E-state index contributed by atoms with van der Waals surface area (Å²) in [5, 5.41) is 0. The Morgan fingerprint density at radius 2 is 1.55 bits per heavy atom. The first-order valence-electron chi connectivity index (χ1n) is 5.72. The zero-order valence-electron chi connectivity index (χ0n) is 10.3. The van der Waals surface area contributed by atoms with Gasteiger partial charge in [0.2, 0.25) is 5.95 Å². The molecule has 0 radical (unpaired) electrons. The third-order valence-electron chi connectivity index (χ3n) is 2.53. The van der Waals surface area contributed by atoms with Gasteiger partial charge in [0.15, 0.2) is 22.8 Å². The van der Waals surface area contributed by atoms with E-state index in [-0.39, 0.29) is 29.1 Å². The minimum Gasteiger partial charge on any atom is -0.436 e. The fraction of sp³-hybridized carbons (Fsp3) is 0. The Balaban J connectivity index is 2.10. The smallest absolute Gasteiger partial charge is 0.263 e. The van der Waals surface area contributed by atoms with Gasteiger partial charge in [-0.2, -0.15) is 9.97 Å². The molecule has 8 nitrogen and oxygen atoms in total. The highest BCUT2D eigenvalue weighted by molar-refractivity contribution is 5.83. The predicted molar refractivity (Wildman–Crippen MR) is 74.9 cm³/mol. The van der Waals surface area contributed by atoms with Crippen LogP contribution in [0.5, 0.6) is 11.6 Å². The van der Waals surface area contributed by atoms with Crippen LogP contribution in [0.2, 0.25) is 0 Å². The topological polar surface area (TPSA) is 139 Å². The summed E-state index contributed by atoms with van der Waals surface area (Å²) in [5.41, 5.74) is 17.5. The maximum absolute atomic E-state index is 5.79. The summed E-state index contributed by atoms with van der Waals surface area (Å²) >= 11 is 0. The fourth-order valence-corrected chi connectivity index (χ4v) is 1.66. The monoisotopic (exact) mass is 269 g/mol. The minimum absolute atomic E-state index is 0.0143. The molecule has 8 heteroatoms. The van der Waals surface area contributed by atoms with Crippen LogP contribution in [0.3, 0.4) is 0 Å². The Bertz CT molecular complexity index is 776. The molecule has 3 aromatic rings. The molecule has 1 aromatic carbocycles.